The molecule has 0 radical (unpaired) electrons. The number of ether oxygens (including phenoxy) is 2. The van der Waals surface area contributed by atoms with E-state index in [9.17, 15) is 9.59 Å². The van der Waals surface area contributed by atoms with Crippen molar-refractivity contribution >= 4 is 23.5 Å². The highest BCUT2D eigenvalue weighted by Gasteiger charge is 2.26. The molecule has 0 saturated carbocycles. The zero-order valence-corrected chi connectivity index (χ0v) is 16.5. The Morgan fingerprint density at radius 3 is 2.37 bits per heavy atom. The summed E-state index contributed by atoms with van der Waals surface area (Å²) in [6.45, 7) is 3.83. The molecule has 27 heavy (non-hydrogen) atoms. The maximum Gasteiger partial charge on any atom is 0.314 e. The number of para-hydroxylation sites is 1. The lowest BCUT2D eigenvalue weighted by atomic mass is 9.88. The molecule has 0 aromatic heterocycles. The van der Waals surface area contributed by atoms with Gasteiger partial charge in [0.1, 0.15) is 5.75 Å². The van der Waals surface area contributed by atoms with Crippen LogP contribution >= 0.6 is 11.6 Å². The van der Waals surface area contributed by atoms with Gasteiger partial charge in [-0.05, 0) is 29.7 Å². The lowest BCUT2D eigenvalue weighted by molar-refractivity contribution is -0.151. The van der Waals surface area contributed by atoms with Crippen molar-refractivity contribution in [1.82, 2.24) is 5.32 Å². The number of hydrogen-bond acceptors (Lipinski definition) is 4. The molecule has 0 fully saturated rings. The maximum absolute atomic E-state index is 12.5. The van der Waals surface area contributed by atoms with E-state index in [1.807, 2.05) is 38.1 Å². The van der Waals surface area contributed by atoms with Gasteiger partial charge in [0, 0.05) is 17.1 Å². The molecular formula is C21H24ClNO4. The summed E-state index contributed by atoms with van der Waals surface area (Å²) in [6.07, 6.45) is 0. The quantitative estimate of drug-likeness (QED) is 0.694. The van der Waals surface area contributed by atoms with Gasteiger partial charge in [0.2, 0.25) is 0 Å². The first-order valence-corrected chi connectivity index (χ1v) is 9.11. The Kier molecular flexibility index (Phi) is 7.67. The number of rotatable bonds is 8. The van der Waals surface area contributed by atoms with Crippen molar-refractivity contribution in [1.29, 1.82) is 0 Å². The fourth-order valence-corrected chi connectivity index (χ4v) is 2.91. The van der Waals surface area contributed by atoms with E-state index in [0.29, 0.717) is 17.3 Å². The first-order chi connectivity index (χ1) is 12.9. The minimum atomic E-state index is -0.454. The van der Waals surface area contributed by atoms with Crippen LogP contribution in [0.2, 0.25) is 5.02 Å². The average molecular weight is 390 g/mol. The summed E-state index contributed by atoms with van der Waals surface area (Å²) in [6, 6.07) is 14.5. The fourth-order valence-electron chi connectivity index (χ4n) is 2.78. The van der Waals surface area contributed by atoms with Crippen LogP contribution in [0, 0.1) is 5.92 Å². The Labute approximate surface area is 164 Å². The largest absolute Gasteiger partial charge is 0.496 e. The van der Waals surface area contributed by atoms with Gasteiger partial charge in [-0.3, -0.25) is 9.59 Å². The van der Waals surface area contributed by atoms with Crippen LogP contribution in [-0.2, 0) is 20.9 Å². The molecule has 0 aliphatic heterocycles. The maximum atomic E-state index is 12.5. The first kappa shape index (κ1) is 20.8. The Morgan fingerprint density at radius 1 is 1.07 bits per heavy atom. The number of nitrogens with one attached hydrogen (secondary N) is 1. The van der Waals surface area contributed by atoms with E-state index in [1.54, 1.807) is 31.4 Å². The topological polar surface area (TPSA) is 64.6 Å². The Bertz CT molecular complexity index is 774. The van der Waals surface area contributed by atoms with Crippen LogP contribution in [-0.4, -0.2) is 25.6 Å². The number of esters is 1. The molecule has 2 aromatic carbocycles. The van der Waals surface area contributed by atoms with Gasteiger partial charge in [0.25, 0.3) is 5.91 Å². The zero-order chi connectivity index (χ0) is 19.8. The molecule has 1 N–H and O–H groups in total. The van der Waals surface area contributed by atoms with Crippen LogP contribution in [0.5, 0.6) is 5.75 Å². The van der Waals surface area contributed by atoms with Gasteiger partial charge in [-0.2, -0.15) is 0 Å². The van der Waals surface area contributed by atoms with E-state index in [4.69, 9.17) is 21.1 Å². The monoisotopic (exact) mass is 389 g/mol. The molecule has 0 spiro atoms. The number of carbonyl (C=O) groups excluding carboxylic acids is 2. The highest BCUT2D eigenvalue weighted by molar-refractivity contribution is 6.30. The van der Waals surface area contributed by atoms with Crippen LogP contribution in [0.4, 0.5) is 0 Å². The summed E-state index contributed by atoms with van der Waals surface area (Å²) in [5.74, 6) is -0.537. The van der Waals surface area contributed by atoms with E-state index in [0.717, 1.165) is 11.1 Å². The van der Waals surface area contributed by atoms with E-state index in [1.165, 1.54) is 0 Å². The standard InChI is InChI=1S/C21H24ClNO4/c1-14(2)20(15-8-10-17(22)11-9-15)21(25)27-13-19(24)23-12-16-6-4-5-7-18(16)26-3/h4-11,14,20H,12-13H2,1-3H3,(H,23,24)/t20-/m1/s1. The van der Waals surface area contributed by atoms with Crippen molar-refractivity contribution in [2.24, 2.45) is 5.92 Å². The van der Waals surface area contributed by atoms with Crippen LogP contribution < -0.4 is 10.1 Å². The summed E-state index contributed by atoms with van der Waals surface area (Å²) >= 11 is 5.91. The van der Waals surface area contributed by atoms with E-state index < -0.39 is 11.9 Å². The van der Waals surface area contributed by atoms with Crippen LogP contribution in [0.1, 0.15) is 30.9 Å². The van der Waals surface area contributed by atoms with Gasteiger partial charge in [-0.15, -0.1) is 0 Å². The van der Waals surface area contributed by atoms with Crippen LogP contribution in [0.3, 0.4) is 0 Å². The lowest BCUT2D eigenvalue weighted by Gasteiger charge is -2.20. The Hall–Kier alpha value is -2.53. The van der Waals surface area contributed by atoms with Crippen LogP contribution in [0.15, 0.2) is 48.5 Å². The second-order valence-corrected chi connectivity index (χ2v) is 6.91. The van der Waals surface area contributed by atoms with Crippen molar-refractivity contribution in [3.05, 3.63) is 64.7 Å². The minimum Gasteiger partial charge on any atom is -0.496 e. The molecule has 144 valence electrons. The number of halogens is 1. The summed E-state index contributed by atoms with van der Waals surface area (Å²) in [5.41, 5.74) is 1.66. The van der Waals surface area contributed by atoms with Gasteiger partial charge in [-0.25, -0.2) is 0 Å². The van der Waals surface area contributed by atoms with Gasteiger partial charge in [0.05, 0.1) is 13.0 Å². The molecule has 1 amide bonds. The van der Waals surface area contributed by atoms with Gasteiger partial charge >= 0.3 is 5.97 Å². The van der Waals surface area contributed by atoms with Crippen molar-refractivity contribution in [3.8, 4) is 5.75 Å². The third-order valence-electron chi connectivity index (χ3n) is 4.16. The predicted molar refractivity (Wildman–Crippen MR) is 105 cm³/mol. The van der Waals surface area contributed by atoms with Crippen molar-refractivity contribution in [2.75, 3.05) is 13.7 Å². The van der Waals surface area contributed by atoms with E-state index in [2.05, 4.69) is 5.32 Å². The van der Waals surface area contributed by atoms with Crippen molar-refractivity contribution in [2.45, 2.75) is 26.3 Å². The molecule has 0 unspecified atom stereocenters. The highest BCUT2D eigenvalue weighted by Crippen LogP contribution is 2.27. The summed E-state index contributed by atoms with van der Waals surface area (Å²) in [5, 5.41) is 3.33. The second-order valence-electron chi connectivity index (χ2n) is 6.47. The summed E-state index contributed by atoms with van der Waals surface area (Å²) in [4.78, 5) is 24.5. The highest BCUT2D eigenvalue weighted by atomic mass is 35.5. The molecule has 1 atom stereocenters. The number of methoxy groups -OCH3 is 1. The molecule has 0 aliphatic rings. The first-order valence-electron chi connectivity index (χ1n) is 8.73. The molecule has 2 aromatic rings. The van der Waals surface area contributed by atoms with Crippen molar-refractivity contribution in [3.63, 3.8) is 0 Å². The number of amides is 1. The lowest BCUT2D eigenvalue weighted by Crippen LogP contribution is -2.30. The third-order valence-corrected chi connectivity index (χ3v) is 4.42. The Balaban J connectivity index is 1.90. The van der Waals surface area contributed by atoms with Gasteiger partial charge in [0.15, 0.2) is 6.61 Å². The normalized spacial score (nSPS) is 11.7. The molecule has 0 aliphatic carbocycles. The third kappa shape index (κ3) is 6.00. The molecule has 0 bridgehead atoms. The van der Waals surface area contributed by atoms with Crippen LogP contribution in [0.25, 0.3) is 0 Å². The zero-order valence-electron chi connectivity index (χ0n) is 15.7. The Morgan fingerprint density at radius 2 is 1.74 bits per heavy atom. The second kappa shape index (κ2) is 9.97. The molecule has 6 heteroatoms. The average Bonchev–Trinajstić information content (AvgIpc) is 2.66. The molecule has 0 saturated heterocycles. The van der Waals surface area contributed by atoms with Crippen molar-refractivity contribution < 1.29 is 19.1 Å². The fraction of sp³-hybridized carbons (Fsp3) is 0.333. The summed E-state index contributed by atoms with van der Waals surface area (Å²) in [7, 11) is 1.57. The predicted octanol–water partition coefficient (Wildman–Crippen LogP) is 3.95. The SMILES string of the molecule is COc1ccccc1CNC(=O)COC(=O)[C@@H](c1ccc(Cl)cc1)C(C)C. The number of benzene rings is 2. The van der Waals surface area contributed by atoms with Gasteiger partial charge in [-0.1, -0.05) is 55.8 Å². The van der Waals surface area contributed by atoms with E-state index >= 15 is 0 Å². The smallest absolute Gasteiger partial charge is 0.314 e. The summed E-state index contributed by atoms with van der Waals surface area (Å²) < 4.78 is 10.5. The molecule has 0 heterocycles. The van der Waals surface area contributed by atoms with Gasteiger partial charge < -0.3 is 14.8 Å². The molecule has 5 nitrogen and oxygen atoms in total. The van der Waals surface area contributed by atoms with E-state index in [-0.39, 0.29) is 18.4 Å². The molecule has 2 rings (SSSR count). The number of hydrogen-bond donors (Lipinski definition) is 1. The minimum absolute atomic E-state index is 0.0234. The number of carbonyl (C=O) groups is 2. The molecular weight excluding hydrogens is 366 g/mol.